The van der Waals surface area contributed by atoms with Gasteiger partial charge in [-0.3, -0.25) is 0 Å². The molecule has 0 aliphatic rings. The number of rotatable bonds is 6. The molecule has 0 atom stereocenters. The highest BCUT2D eigenvalue weighted by Crippen LogP contribution is 2.28. The second-order valence-corrected chi connectivity index (χ2v) is 5.54. The van der Waals surface area contributed by atoms with Crippen LogP contribution in [0.2, 0.25) is 0 Å². The molecule has 0 saturated heterocycles. The van der Waals surface area contributed by atoms with Gasteiger partial charge in [0.1, 0.15) is 0 Å². The maximum Gasteiger partial charge on any atom is 0.337 e. The smallest absolute Gasteiger partial charge is 0.337 e. The SMILES string of the molecule is CC(C)CCCNc1cc(C(=O)O)c(N)cc1Br. The minimum absolute atomic E-state index is 0.129. The number of hydrogen-bond donors (Lipinski definition) is 3. The predicted octanol–water partition coefficient (Wildman–Crippen LogP) is 3.58. The van der Waals surface area contributed by atoms with Crippen molar-refractivity contribution in [2.45, 2.75) is 26.7 Å². The first-order valence-electron chi connectivity index (χ1n) is 5.98. The third-order valence-electron chi connectivity index (χ3n) is 2.64. The van der Waals surface area contributed by atoms with Gasteiger partial charge >= 0.3 is 5.97 Å². The molecule has 0 heterocycles. The number of carboxylic acids is 1. The fourth-order valence-corrected chi connectivity index (χ4v) is 2.14. The fraction of sp³-hybridized carbons (Fsp3) is 0.462. The Labute approximate surface area is 116 Å². The molecular formula is C13H19BrN2O2. The van der Waals surface area contributed by atoms with Crippen LogP contribution in [0.15, 0.2) is 16.6 Å². The van der Waals surface area contributed by atoms with E-state index in [9.17, 15) is 4.79 Å². The maximum atomic E-state index is 11.0. The average Bonchev–Trinajstić information content (AvgIpc) is 2.25. The first-order valence-corrected chi connectivity index (χ1v) is 6.77. The Morgan fingerprint density at radius 3 is 2.72 bits per heavy atom. The molecule has 0 aromatic heterocycles. The summed E-state index contributed by atoms with van der Waals surface area (Å²) in [5, 5.41) is 12.2. The summed E-state index contributed by atoms with van der Waals surface area (Å²) < 4.78 is 0.787. The molecule has 1 aromatic carbocycles. The van der Waals surface area contributed by atoms with Gasteiger partial charge in [-0.25, -0.2) is 4.79 Å². The van der Waals surface area contributed by atoms with Crippen molar-refractivity contribution in [1.82, 2.24) is 0 Å². The summed E-state index contributed by atoms with van der Waals surface area (Å²) in [6.07, 6.45) is 2.20. The van der Waals surface area contributed by atoms with Gasteiger partial charge < -0.3 is 16.2 Å². The Kier molecular flexibility index (Phi) is 5.47. The third-order valence-corrected chi connectivity index (χ3v) is 3.30. The van der Waals surface area contributed by atoms with Crippen LogP contribution in [0.1, 0.15) is 37.0 Å². The van der Waals surface area contributed by atoms with E-state index in [0.29, 0.717) is 5.92 Å². The van der Waals surface area contributed by atoms with E-state index < -0.39 is 5.97 Å². The molecule has 0 radical (unpaired) electrons. The molecule has 0 amide bonds. The van der Waals surface area contributed by atoms with Crippen molar-refractivity contribution in [2.75, 3.05) is 17.6 Å². The number of nitrogen functional groups attached to an aromatic ring is 1. The van der Waals surface area contributed by atoms with E-state index in [4.69, 9.17) is 10.8 Å². The van der Waals surface area contributed by atoms with Crippen LogP contribution in [0.3, 0.4) is 0 Å². The number of halogens is 1. The summed E-state index contributed by atoms with van der Waals surface area (Å²) in [7, 11) is 0. The molecule has 0 fully saturated rings. The number of aromatic carboxylic acids is 1. The summed E-state index contributed by atoms with van der Waals surface area (Å²) in [5.74, 6) is -0.332. The molecule has 1 aromatic rings. The Morgan fingerprint density at radius 2 is 2.17 bits per heavy atom. The van der Waals surface area contributed by atoms with Gasteiger partial charge in [0, 0.05) is 22.4 Å². The van der Waals surface area contributed by atoms with Crippen molar-refractivity contribution in [3.8, 4) is 0 Å². The lowest BCUT2D eigenvalue weighted by Crippen LogP contribution is -2.07. The lowest BCUT2D eigenvalue weighted by molar-refractivity contribution is 0.0698. The molecule has 0 spiro atoms. The van der Waals surface area contributed by atoms with E-state index in [1.807, 2.05) is 0 Å². The first-order chi connectivity index (χ1) is 8.41. The molecule has 18 heavy (non-hydrogen) atoms. The van der Waals surface area contributed by atoms with Crippen molar-refractivity contribution >= 4 is 33.3 Å². The number of nitrogens with one attached hydrogen (secondary N) is 1. The molecule has 5 heteroatoms. The topological polar surface area (TPSA) is 75.3 Å². The van der Waals surface area contributed by atoms with Gasteiger partial charge in [0.05, 0.1) is 5.56 Å². The van der Waals surface area contributed by atoms with Gasteiger partial charge in [-0.2, -0.15) is 0 Å². The molecule has 0 aliphatic carbocycles. The zero-order valence-corrected chi connectivity index (χ0v) is 12.3. The van der Waals surface area contributed by atoms with Gasteiger partial charge in [-0.05, 0) is 46.8 Å². The largest absolute Gasteiger partial charge is 0.478 e. The summed E-state index contributed by atoms with van der Waals surface area (Å²) in [6.45, 7) is 5.18. The van der Waals surface area contributed by atoms with Crippen LogP contribution in [0.25, 0.3) is 0 Å². The van der Waals surface area contributed by atoms with E-state index in [1.165, 1.54) is 0 Å². The Bertz CT molecular complexity index is 433. The number of carbonyl (C=O) groups is 1. The highest BCUT2D eigenvalue weighted by atomic mass is 79.9. The van der Waals surface area contributed by atoms with Gasteiger partial charge in [0.25, 0.3) is 0 Å². The predicted molar refractivity (Wildman–Crippen MR) is 78.1 cm³/mol. The van der Waals surface area contributed by atoms with Gasteiger partial charge in [-0.1, -0.05) is 13.8 Å². The first kappa shape index (κ1) is 14.8. The molecule has 4 nitrogen and oxygen atoms in total. The van der Waals surface area contributed by atoms with Crippen molar-refractivity contribution in [2.24, 2.45) is 5.92 Å². The van der Waals surface area contributed by atoms with Crippen molar-refractivity contribution in [1.29, 1.82) is 0 Å². The van der Waals surface area contributed by atoms with E-state index in [1.54, 1.807) is 12.1 Å². The molecule has 1 rings (SSSR count). The highest BCUT2D eigenvalue weighted by molar-refractivity contribution is 9.10. The van der Waals surface area contributed by atoms with Gasteiger partial charge in [0.2, 0.25) is 0 Å². The number of benzene rings is 1. The van der Waals surface area contributed by atoms with Crippen LogP contribution < -0.4 is 11.1 Å². The standard InChI is InChI=1S/C13H19BrN2O2/c1-8(2)4-3-5-16-12-6-9(13(17)18)11(15)7-10(12)14/h6-8,16H,3-5,15H2,1-2H3,(H,17,18). The summed E-state index contributed by atoms with van der Waals surface area (Å²) in [6, 6.07) is 3.19. The highest BCUT2D eigenvalue weighted by Gasteiger charge is 2.11. The zero-order valence-electron chi connectivity index (χ0n) is 10.7. The minimum atomic E-state index is -1.01. The van der Waals surface area contributed by atoms with Gasteiger partial charge in [-0.15, -0.1) is 0 Å². The van der Waals surface area contributed by atoms with Gasteiger partial charge in [0.15, 0.2) is 0 Å². The van der Waals surface area contributed by atoms with Crippen molar-refractivity contribution in [3.05, 3.63) is 22.2 Å². The monoisotopic (exact) mass is 314 g/mol. The summed E-state index contributed by atoms with van der Waals surface area (Å²) >= 11 is 3.38. The lowest BCUT2D eigenvalue weighted by atomic mass is 10.1. The Hall–Kier alpha value is -1.23. The third kappa shape index (κ3) is 4.22. The number of carboxylic acid groups (broad SMARTS) is 1. The molecule has 0 unspecified atom stereocenters. The fourth-order valence-electron chi connectivity index (χ4n) is 1.64. The van der Waals surface area contributed by atoms with Crippen LogP contribution in [0.5, 0.6) is 0 Å². The van der Waals surface area contributed by atoms with E-state index in [2.05, 4.69) is 35.1 Å². The molecule has 0 aliphatic heterocycles. The number of anilines is 2. The molecule has 100 valence electrons. The summed E-state index contributed by atoms with van der Waals surface area (Å²) in [5.41, 5.74) is 6.81. The molecule has 4 N–H and O–H groups in total. The van der Waals surface area contributed by atoms with E-state index >= 15 is 0 Å². The second-order valence-electron chi connectivity index (χ2n) is 4.69. The van der Waals surface area contributed by atoms with Crippen molar-refractivity contribution < 1.29 is 9.90 Å². The van der Waals surface area contributed by atoms with Crippen molar-refractivity contribution in [3.63, 3.8) is 0 Å². The molecule has 0 saturated carbocycles. The quantitative estimate of drug-likeness (QED) is 0.554. The van der Waals surface area contributed by atoms with Crippen LogP contribution in [-0.4, -0.2) is 17.6 Å². The normalized spacial score (nSPS) is 10.7. The summed E-state index contributed by atoms with van der Waals surface area (Å²) in [4.78, 5) is 11.0. The average molecular weight is 315 g/mol. The molecular weight excluding hydrogens is 296 g/mol. The van der Waals surface area contributed by atoms with Crippen LogP contribution in [-0.2, 0) is 0 Å². The lowest BCUT2D eigenvalue weighted by Gasteiger charge is -2.12. The Balaban J connectivity index is 2.70. The number of nitrogens with two attached hydrogens (primary N) is 1. The zero-order chi connectivity index (χ0) is 13.7. The van der Waals surface area contributed by atoms with E-state index in [0.717, 1.165) is 29.5 Å². The second kappa shape index (κ2) is 6.64. The van der Waals surface area contributed by atoms with Crippen LogP contribution >= 0.6 is 15.9 Å². The minimum Gasteiger partial charge on any atom is -0.478 e. The van der Waals surface area contributed by atoms with Crippen LogP contribution in [0, 0.1) is 5.92 Å². The van der Waals surface area contributed by atoms with E-state index in [-0.39, 0.29) is 11.3 Å². The Morgan fingerprint density at radius 1 is 1.50 bits per heavy atom. The number of hydrogen-bond acceptors (Lipinski definition) is 3. The molecule has 0 bridgehead atoms. The maximum absolute atomic E-state index is 11.0. The van der Waals surface area contributed by atoms with Crippen LogP contribution in [0.4, 0.5) is 11.4 Å².